The SMILES string of the molecule is F[B-](F)(F)c1cccc(-c2ccccc2)c1.[K+]. The van der Waals surface area contributed by atoms with Crippen molar-refractivity contribution in [1.29, 1.82) is 0 Å². The predicted octanol–water partition coefficient (Wildman–Crippen LogP) is 0.412. The quantitative estimate of drug-likeness (QED) is 0.686. The molecule has 0 radical (unpaired) electrons. The Labute approximate surface area is 141 Å². The van der Waals surface area contributed by atoms with E-state index in [1.807, 2.05) is 6.07 Å². The van der Waals surface area contributed by atoms with E-state index in [1.54, 1.807) is 30.3 Å². The Bertz CT molecular complexity index is 483. The van der Waals surface area contributed by atoms with E-state index in [0.29, 0.717) is 5.56 Å². The molecule has 0 atom stereocenters. The molecule has 0 heterocycles. The Kier molecular flexibility index (Phi) is 5.47. The molecule has 0 spiro atoms. The molecule has 0 N–H and O–H groups in total. The van der Waals surface area contributed by atoms with E-state index in [-0.39, 0.29) is 51.4 Å². The van der Waals surface area contributed by atoms with Gasteiger partial charge in [-0.15, -0.1) is 5.46 Å². The fourth-order valence-corrected chi connectivity index (χ4v) is 1.55. The molecular formula is C12H9BF3K. The van der Waals surface area contributed by atoms with E-state index < -0.39 is 12.4 Å². The summed E-state index contributed by atoms with van der Waals surface area (Å²) in [5, 5.41) is 0. The second-order valence-corrected chi connectivity index (χ2v) is 3.57. The van der Waals surface area contributed by atoms with Crippen molar-refractivity contribution in [1.82, 2.24) is 0 Å². The van der Waals surface area contributed by atoms with Gasteiger partial charge in [-0.2, -0.15) is 0 Å². The predicted molar refractivity (Wildman–Crippen MR) is 60.6 cm³/mol. The molecule has 0 aliphatic carbocycles. The molecule has 0 unspecified atom stereocenters. The summed E-state index contributed by atoms with van der Waals surface area (Å²) in [5.74, 6) is 0. The monoisotopic (exact) mass is 260 g/mol. The summed E-state index contributed by atoms with van der Waals surface area (Å²) in [4.78, 5) is 0. The van der Waals surface area contributed by atoms with Gasteiger partial charge in [-0.25, -0.2) is 0 Å². The first-order valence-electron chi connectivity index (χ1n) is 4.93. The molecule has 0 aromatic heterocycles. The third-order valence-corrected chi connectivity index (χ3v) is 2.37. The summed E-state index contributed by atoms with van der Waals surface area (Å²) in [5.41, 5.74) is 0.836. The summed E-state index contributed by atoms with van der Waals surface area (Å²) < 4.78 is 37.6. The van der Waals surface area contributed by atoms with Gasteiger partial charge in [-0.05, 0) is 11.1 Å². The Hall–Kier alpha value is -0.0687. The first-order chi connectivity index (χ1) is 7.57. The smallest absolute Gasteiger partial charge is 0.445 e. The zero-order chi connectivity index (χ0) is 11.6. The zero-order valence-electron chi connectivity index (χ0n) is 9.41. The van der Waals surface area contributed by atoms with Crippen LogP contribution in [0.4, 0.5) is 12.9 Å². The minimum absolute atomic E-state index is 0. The maximum atomic E-state index is 12.5. The van der Waals surface area contributed by atoms with Gasteiger partial charge in [0.25, 0.3) is 0 Å². The van der Waals surface area contributed by atoms with E-state index in [4.69, 9.17) is 0 Å². The number of hydrogen-bond donors (Lipinski definition) is 0. The second-order valence-electron chi connectivity index (χ2n) is 3.57. The molecule has 0 nitrogen and oxygen atoms in total. The van der Waals surface area contributed by atoms with Crippen LogP contribution in [0, 0.1) is 0 Å². The summed E-state index contributed by atoms with van der Waals surface area (Å²) in [7, 11) is 0. The van der Waals surface area contributed by atoms with E-state index in [1.165, 1.54) is 12.1 Å². The molecule has 0 aliphatic rings. The summed E-state index contributed by atoms with van der Waals surface area (Å²) in [6.45, 7) is -4.92. The van der Waals surface area contributed by atoms with Crippen molar-refractivity contribution in [2.24, 2.45) is 0 Å². The van der Waals surface area contributed by atoms with Gasteiger partial charge < -0.3 is 12.9 Å². The molecule has 2 rings (SSSR count). The maximum Gasteiger partial charge on any atom is 1.00 e. The van der Waals surface area contributed by atoms with Gasteiger partial charge in [0, 0.05) is 0 Å². The van der Waals surface area contributed by atoms with Gasteiger partial charge in [0.15, 0.2) is 0 Å². The molecule has 0 amide bonds. The molecular weight excluding hydrogens is 251 g/mol. The largest absolute Gasteiger partial charge is 1.00 e. The Morgan fingerprint density at radius 1 is 0.706 bits per heavy atom. The number of rotatable bonds is 2. The molecule has 0 fully saturated rings. The second kappa shape index (κ2) is 6.20. The van der Waals surface area contributed by atoms with Crippen LogP contribution in [0.1, 0.15) is 0 Å². The van der Waals surface area contributed by atoms with Crippen molar-refractivity contribution >= 4 is 12.4 Å². The third-order valence-electron chi connectivity index (χ3n) is 2.37. The van der Waals surface area contributed by atoms with Crippen molar-refractivity contribution in [3.05, 3.63) is 54.6 Å². The zero-order valence-corrected chi connectivity index (χ0v) is 12.5. The van der Waals surface area contributed by atoms with Crippen LogP contribution in [0.15, 0.2) is 54.6 Å². The van der Waals surface area contributed by atoms with Crippen LogP contribution in [-0.4, -0.2) is 6.98 Å². The van der Waals surface area contributed by atoms with Gasteiger partial charge in [0.1, 0.15) is 0 Å². The van der Waals surface area contributed by atoms with Crippen molar-refractivity contribution < 1.29 is 64.3 Å². The summed E-state index contributed by atoms with van der Waals surface area (Å²) in [6, 6.07) is 14.4. The van der Waals surface area contributed by atoms with E-state index in [2.05, 4.69) is 0 Å². The minimum Gasteiger partial charge on any atom is -0.445 e. The van der Waals surface area contributed by atoms with Gasteiger partial charge in [-0.3, -0.25) is 0 Å². The third kappa shape index (κ3) is 3.96. The first kappa shape index (κ1) is 15.0. The van der Waals surface area contributed by atoms with Crippen LogP contribution >= 0.6 is 0 Å². The van der Waals surface area contributed by atoms with Crippen LogP contribution in [0.25, 0.3) is 11.1 Å². The summed E-state index contributed by atoms with van der Waals surface area (Å²) >= 11 is 0. The van der Waals surface area contributed by atoms with Crippen molar-refractivity contribution in [3.63, 3.8) is 0 Å². The number of benzene rings is 2. The Morgan fingerprint density at radius 3 is 1.88 bits per heavy atom. The van der Waals surface area contributed by atoms with Crippen molar-refractivity contribution in [2.75, 3.05) is 0 Å². The van der Waals surface area contributed by atoms with E-state index in [0.717, 1.165) is 11.6 Å². The Balaban J connectivity index is 0.00000144. The van der Waals surface area contributed by atoms with Gasteiger partial charge in [-0.1, -0.05) is 54.6 Å². The topological polar surface area (TPSA) is 0 Å². The van der Waals surface area contributed by atoms with E-state index >= 15 is 0 Å². The van der Waals surface area contributed by atoms with E-state index in [9.17, 15) is 12.9 Å². The molecule has 5 heteroatoms. The standard InChI is InChI=1S/C12H9BF3.K/c14-13(15,16)12-8-4-7-11(9-12)10-5-2-1-3-6-10;/h1-9H;/q-1;+1. The van der Waals surface area contributed by atoms with Crippen LogP contribution < -0.4 is 56.8 Å². The molecule has 0 aliphatic heterocycles. The number of halogens is 3. The average Bonchev–Trinajstić information content (AvgIpc) is 2.29. The average molecular weight is 260 g/mol. The molecule has 2 aromatic rings. The molecule has 82 valence electrons. The molecule has 0 saturated heterocycles. The van der Waals surface area contributed by atoms with Crippen molar-refractivity contribution in [3.8, 4) is 11.1 Å². The normalized spacial score (nSPS) is 10.8. The van der Waals surface area contributed by atoms with Crippen LogP contribution in [-0.2, 0) is 0 Å². The first-order valence-corrected chi connectivity index (χ1v) is 4.93. The van der Waals surface area contributed by atoms with Gasteiger partial charge in [0.05, 0.1) is 0 Å². The Morgan fingerprint density at radius 2 is 1.29 bits per heavy atom. The summed E-state index contributed by atoms with van der Waals surface area (Å²) in [6.07, 6.45) is 0. The number of hydrogen-bond acceptors (Lipinski definition) is 0. The van der Waals surface area contributed by atoms with Crippen LogP contribution in [0.3, 0.4) is 0 Å². The molecule has 2 aromatic carbocycles. The fraction of sp³-hybridized carbons (Fsp3) is 0. The minimum atomic E-state index is -4.92. The maximum absolute atomic E-state index is 12.5. The fourth-order valence-electron chi connectivity index (χ4n) is 1.55. The molecule has 0 saturated carbocycles. The van der Waals surface area contributed by atoms with Crippen LogP contribution in [0.5, 0.6) is 0 Å². The van der Waals surface area contributed by atoms with Gasteiger partial charge >= 0.3 is 58.4 Å². The molecule has 17 heavy (non-hydrogen) atoms. The van der Waals surface area contributed by atoms with Crippen LogP contribution in [0.2, 0.25) is 0 Å². The molecule has 0 bridgehead atoms. The van der Waals surface area contributed by atoms with Gasteiger partial charge in [0.2, 0.25) is 0 Å². The van der Waals surface area contributed by atoms with Crippen molar-refractivity contribution in [2.45, 2.75) is 0 Å².